The Morgan fingerprint density at radius 1 is 1.04 bits per heavy atom. The van der Waals surface area contributed by atoms with Gasteiger partial charge in [0.15, 0.2) is 6.61 Å². The van der Waals surface area contributed by atoms with Crippen molar-refractivity contribution in [2.75, 3.05) is 19.7 Å². The average Bonchev–Trinajstić information content (AvgIpc) is 2.61. The maximum absolute atomic E-state index is 11.9. The number of hydrogen-bond donors (Lipinski definition) is 2. The van der Waals surface area contributed by atoms with Gasteiger partial charge in [0.25, 0.3) is 11.8 Å². The maximum atomic E-state index is 11.9. The molecule has 0 bridgehead atoms. The highest BCUT2D eigenvalue weighted by atomic mass is 16.5. The van der Waals surface area contributed by atoms with E-state index < -0.39 is 0 Å². The Bertz CT molecular complexity index is 714. The molecule has 1 aromatic carbocycles. The monoisotopic (exact) mass is 341 g/mol. The number of nitrogens with one attached hydrogen (secondary N) is 2. The molecule has 132 valence electrons. The number of nitrogens with zero attached hydrogens (tertiary/aromatic N) is 1. The molecule has 1 aromatic heterocycles. The molecule has 0 radical (unpaired) electrons. The van der Waals surface area contributed by atoms with Gasteiger partial charge in [0, 0.05) is 25.0 Å². The number of carbonyl (C=O) groups excluding carboxylic acids is 2. The Hall–Kier alpha value is -2.89. The molecular formula is C19H23N3O3. The zero-order valence-corrected chi connectivity index (χ0v) is 14.5. The number of benzene rings is 1. The van der Waals surface area contributed by atoms with Crippen molar-refractivity contribution in [1.82, 2.24) is 15.6 Å². The number of carbonyl (C=O) groups is 2. The molecule has 0 aliphatic rings. The summed E-state index contributed by atoms with van der Waals surface area (Å²) in [6.07, 6.45) is 2.19. The first-order chi connectivity index (χ1) is 12.1. The Morgan fingerprint density at radius 3 is 2.52 bits per heavy atom. The number of aromatic nitrogens is 1. The van der Waals surface area contributed by atoms with Gasteiger partial charge in [0.05, 0.1) is 5.56 Å². The van der Waals surface area contributed by atoms with E-state index in [1.807, 2.05) is 38.1 Å². The highest BCUT2D eigenvalue weighted by molar-refractivity contribution is 5.93. The van der Waals surface area contributed by atoms with Crippen LogP contribution in [0.2, 0.25) is 0 Å². The average molecular weight is 341 g/mol. The van der Waals surface area contributed by atoms with Crippen LogP contribution in [0.4, 0.5) is 0 Å². The number of hydrogen-bond acceptors (Lipinski definition) is 4. The van der Waals surface area contributed by atoms with Gasteiger partial charge in [-0.25, -0.2) is 0 Å². The number of aryl methyl sites for hydroxylation is 2. The quantitative estimate of drug-likeness (QED) is 0.720. The highest BCUT2D eigenvalue weighted by Crippen LogP contribution is 2.15. The van der Waals surface area contributed by atoms with Gasteiger partial charge in [-0.1, -0.05) is 18.2 Å². The molecule has 0 aliphatic carbocycles. The van der Waals surface area contributed by atoms with Crippen molar-refractivity contribution < 1.29 is 14.3 Å². The summed E-state index contributed by atoms with van der Waals surface area (Å²) in [5, 5.41) is 5.56. The van der Waals surface area contributed by atoms with Crippen LogP contribution in [0.15, 0.2) is 42.6 Å². The molecule has 2 N–H and O–H groups in total. The van der Waals surface area contributed by atoms with Crippen LogP contribution in [0.5, 0.6) is 5.75 Å². The van der Waals surface area contributed by atoms with Gasteiger partial charge in [0.2, 0.25) is 0 Å². The van der Waals surface area contributed by atoms with Crippen LogP contribution in [0, 0.1) is 13.8 Å². The molecule has 0 saturated heterocycles. The van der Waals surface area contributed by atoms with Gasteiger partial charge in [0.1, 0.15) is 5.75 Å². The van der Waals surface area contributed by atoms with Crippen molar-refractivity contribution >= 4 is 11.8 Å². The summed E-state index contributed by atoms with van der Waals surface area (Å²) in [6, 6.07) is 11.1. The maximum Gasteiger partial charge on any atom is 0.257 e. The molecule has 0 spiro atoms. The Balaban J connectivity index is 1.59. The Kier molecular flexibility index (Phi) is 6.95. The van der Waals surface area contributed by atoms with E-state index in [1.165, 1.54) is 0 Å². The fourth-order valence-corrected chi connectivity index (χ4v) is 2.14. The molecule has 0 fully saturated rings. The summed E-state index contributed by atoms with van der Waals surface area (Å²) in [5.41, 5.74) is 2.39. The first-order valence-corrected chi connectivity index (χ1v) is 8.22. The molecule has 2 amide bonds. The van der Waals surface area contributed by atoms with Crippen LogP contribution in [-0.2, 0) is 4.79 Å². The minimum Gasteiger partial charge on any atom is -0.484 e. The summed E-state index contributed by atoms with van der Waals surface area (Å²) in [4.78, 5) is 27.7. The normalized spacial score (nSPS) is 10.2. The van der Waals surface area contributed by atoms with E-state index in [4.69, 9.17) is 4.74 Å². The third kappa shape index (κ3) is 6.25. The molecule has 0 aliphatic heterocycles. The molecule has 6 heteroatoms. The summed E-state index contributed by atoms with van der Waals surface area (Å²) < 4.78 is 5.47. The largest absolute Gasteiger partial charge is 0.484 e. The van der Waals surface area contributed by atoms with Gasteiger partial charge in [-0.3, -0.25) is 14.6 Å². The zero-order chi connectivity index (χ0) is 18.1. The minimum absolute atomic E-state index is 0.0216. The first-order valence-electron chi connectivity index (χ1n) is 8.22. The lowest BCUT2D eigenvalue weighted by molar-refractivity contribution is -0.123. The van der Waals surface area contributed by atoms with E-state index >= 15 is 0 Å². The fourth-order valence-electron chi connectivity index (χ4n) is 2.14. The number of pyridine rings is 1. The van der Waals surface area contributed by atoms with Gasteiger partial charge in [-0.15, -0.1) is 0 Å². The third-order valence-corrected chi connectivity index (χ3v) is 3.59. The van der Waals surface area contributed by atoms with Gasteiger partial charge in [-0.05, 0) is 44.0 Å². The number of ether oxygens (including phenoxy) is 1. The lowest BCUT2D eigenvalue weighted by Crippen LogP contribution is -2.32. The topological polar surface area (TPSA) is 80.3 Å². The third-order valence-electron chi connectivity index (χ3n) is 3.59. The molecule has 2 rings (SSSR count). The van der Waals surface area contributed by atoms with Crippen LogP contribution in [-0.4, -0.2) is 36.5 Å². The van der Waals surface area contributed by atoms with E-state index in [0.29, 0.717) is 30.8 Å². The van der Waals surface area contributed by atoms with Gasteiger partial charge in [-0.2, -0.15) is 0 Å². The minimum atomic E-state index is -0.183. The zero-order valence-electron chi connectivity index (χ0n) is 14.5. The van der Waals surface area contributed by atoms with Crippen LogP contribution >= 0.6 is 0 Å². The van der Waals surface area contributed by atoms with Crippen molar-refractivity contribution in [3.8, 4) is 5.75 Å². The van der Waals surface area contributed by atoms with Crippen molar-refractivity contribution in [1.29, 1.82) is 0 Å². The number of para-hydroxylation sites is 1. The Labute approximate surface area is 147 Å². The van der Waals surface area contributed by atoms with Crippen LogP contribution in [0.1, 0.15) is 28.0 Å². The summed E-state index contributed by atoms with van der Waals surface area (Å²) in [7, 11) is 0. The smallest absolute Gasteiger partial charge is 0.257 e. The van der Waals surface area contributed by atoms with Gasteiger partial charge < -0.3 is 15.4 Å². The highest BCUT2D eigenvalue weighted by Gasteiger charge is 2.06. The van der Waals surface area contributed by atoms with E-state index in [-0.39, 0.29) is 18.4 Å². The lowest BCUT2D eigenvalue weighted by atomic mass is 10.2. The predicted molar refractivity (Wildman–Crippen MR) is 95.6 cm³/mol. The lowest BCUT2D eigenvalue weighted by Gasteiger charge is -2.09. The molecule has 2 aromatic rings. The summed E-state index contributed by atoms with van der Waals surface area (Å²) in [6.45, 7) is 4.73. The van der Waals surface area contributed by atoms with E-state index in [1.54, 1.807) is 18.3 Å². The van der Waals surface area contributed by atoms with Crippen molar-refractivity contribution in [2.24, 2.45) is 0 Å². The fraction of sp³-hybridized carbons (Fsp3) is 0.316. The van der Waals surface area contributed by atoms with E-state index in [9.17, 15) is 9.59 Å². The molecular weight excluding hydrogens is 318 g/mol. The molecule has 1 heterocycles. The predicted octanol–water partition coefficient (Wildman–Crippen LogP) is 2.01. The standard InChI is InChI=1S/C19H23N3O3/c1-14-6-3-4-7-17(14)25-13-18(23)20-10-5-11-21-19(24)16-9-8-15(2)22-12-16/h3-4,6-9,12H,5,10-11,13H2,1-2H3,(H,20,23)(H,21,24). The second-order valence-corrected chi connectivity index (χ2v) is 5.70. The van der Waals surface area contributed by atoms with Crippen LogP contribution in [0.3, 0.4) is 0 Å². The summed E-state index contributed by atoms with van der Waals surface area (Å²) >= 11 is 0. The second kappa shape index (κ2) is 9.42. The number of rotatable bonds is 8. The molecule has 0 atom stereocenters. The Morgan fingerprint density at radius 2 is 1.80 bits per heavy atom. The van der Waals surface area contributed by atoms with E-state index in [0.717, 1.165) is 11.3 Å². The van der Waals surface area contributed by atoms with E-state index in [2.05, 4.69) is 15.6 Å². The van der Waals surface area contributed by atoms with Crippen LogP contribution < -0.4 is 15.4 Å². The molecule has 6 nitrogen and oxygen atoms in total. The molecule has 0 unspecified atom stereocenters. The van der Waals surface area contributed by atoms with Crippen LogP contribution in [0.25, 0.3) is 0 Å². The molecule has 0 saturated carbocycles. The van der Waals surface area contributed by atoms with Crippen molar-refractivity contribution in [3.05, 3.63) is 59.4 Å². The number of amides is 2. The second-order valence-electron chi connectivity index (χ2n) is 5.70. The van der Waals surface area contributed by atoms with Crippen molar-refractivity contribution in [3.63, 3.8) is 0 Å². The SMILES string of the molecule is Cc1ccc(C(=O)NCCCNC(=O)COc2ccccc2C)cn1. The van der Waals surface area contributed by atoms with Gasteiger partial charge >= 0.3 is 0 Å². The first kappa shape index (κ1) is 18.4. The summed E-state index contributed by atoms with van der Waals surface area (Å²) in [5.74, 6) is 0.357. The van der Waals surface area contributed by atoms with Crippen molar-refractivity contribution in [2.45, 2.75) is 20.3 Å². The molecule has 25 heavy (non-hydrogen) atoms.